The molecule has 0 aromatic carbocycles. The van der Waals surface area contributed by atoms with Crippen molar-refractivity contribution in [3.05, 3.63) is 0 Å². The van der Waals surface area contributed by atoms with Crippen LogP contribution in [-0.4, -0.2) is 56.9 Å². The first kappa shape index (κ1) is 15.2. The topological polar surface area (TPSA) is 71.5 Å². The van der Waals surface area contributed by atoms with Crippen molar-refractivity contribution in [2.45, 2.75) is 25.0 Å². The highest BCUT2D eigenvalue weighted by Crippen LogP contribution is 2.22. The Labute approximate surface area is 108 Å². The molecule has 0 aromatic heterocycles. The highest BCUT2D eigenvalue weighted by Gasteiger charge is 2.35. The molecule has 0 aliphatic carbocycles. The highest BCUT2D eigenvalue weighted by molar-refractivity contribution is 7.92. The summed E-state index contributed by atoms with van der Waals surface area (Å²) in [6, 6.07) is 0. The minimum absolute atomic E-state index is 0.0324. The molecule has 0 radical (unpaired) electrons. The van der Waals surface area contributed by atoms with Gasteiger partial charge in [0.15, 0.2) is 0 Å². The lowest BCUT2D eigenvalue weighted by atomic mass is 10.2. The van der Waals surface area contributed by atoms with Gasteiger partial charge in [-0.2, -0.15) is 0 Å². The van der Waals surface area contributed by atoms with Gasteiger partial charge < -0.3 is 0 Å². The Balaban J connectivity index is 2.78. The van der Waals surface area contributed by atoms with Gasteiger partial charge in [0.25, 0.3) is 0 Å². The van der Waals surface area contributed by atoms with E-state index in [0.29, 0.717) is 6.54 Å². The monoisotopic (exact) mass is 303 g/mol. The molecular formula is C9H18ClNO4S2. The first-order chi connectivity index (χ1) is 7.83. The van der Waals surface area contributed by atoms with Gasteiger partial charge in [0.2, 0.25) is 10.0 Å². The lowest BCUT2D eigenvalue weighted by molar-refractivity contribution is 0.431. The van der Waals surface area contributed by atoms with Crippen LogP contribution < -0.4 is 0 Å². The van der Waals surface area contributed by atoms with Gasteiger partial charge in [-0.25, -0.2) is 21.1 Å². The van der Waals surface area contributed by atoms with E-state index in [1.807, 2.05) is 0 Å². The number of nitrogens with zero attached hydrogens (tertiary/aromatic N) is 1. The molecule has 0 N–H and O–H groups in total. The minimum Gasteiger partial charge on any atom is -0.229 e. The molecule has 17 heavy (non-hydrogen) atoms. The number of hydrogen-bond donors (Lipinski definition) is 0. The molecule has 1 saturated heterocycles. The molecule has 102 valence electrons. The Bertz CT molecular complexity index is 432. The van der Waals surface area contributed by atoms with Gasteiger partial charge >= 0.3 is 0 Å². The molecule has 1 fully saturated rings. The normalized spacial score (nSPS) is 21.8. The highest BCUT2D eigenvalue weighted by atomic mass is 35.5. The smallest absolute Gasteiger partial charge is 0.217 e. The largest absolute Gasteiger partial charge is 0.229 e. The zero-order valence-corrected chi connectivity index (χ0v) is 12.2. The molecule has 0 saturated carbocycles. The minimum atomic E-state index is -3.40. The van der Waals surface area contributed by atoms with Crippen LogP contribution in [0.15, 0.2) is 0 Å². The van der Waals surface area contributed by atoms with Crippen molar-refractivity contribution in [1.82, 2.24) is 4.31 Å². The average molecular weight is 304 g/mol. The second-order valence-corrected chi connectivity index (χ2v) is 8.97. The van der Waals surface area contributed by atoms with Gasteiger partial charge in [0, 0.05) is 19.0 Å². The third kappa shape index (κ3) is 3.81. The Kier molecular flexibility index (Phi) is 5.24. The molecule has 1 aliphatic rings. The van der Waals surface area contributed by atoms with Crippen LogP contribution in [0, 0.1) is 0 Å². The van der Waals surface area contributed by atoms with E-state index in [9.17, 15) is 16.8 Å². The van der Waals surface area contributed by atoms with Crippen LogP contribution in [0.3, 0.4) is 0 Å². The summed E-state index contributed by atoms with van der Waals surface area (Å²) in [5.41, 5.74) is 0. The molecule has 0 amide bonds. The van der Waals surface area contributed by atoms with Gasteiger partial charge in [0.05, 0.1) is 16.8 Å². The first-order valence-corrected chi connectivity index (χ1v) is 9.44. The number of sulfone groups is 1. The van der Waals surface area contributed by atoms with E-state index >= 15 is 0 Å². The van der Waals surface area contributed by atoms with Crippen molar-refractivity contribution in [2.24, 2.45) is 0 Å². The quantitative estimate of drug-likeness (QED) is 0.692. The van der Waals surface area contributed by atoms with E-state index in [1.54, 1.807) is 6.92 Å². The Morgan fingerprint density at radius 1 is 1.29 bits per heavy atom. The van der Waals surface area contributed by atoms with Gasteiger partial charge in [-0.15, -0.1) is 11.6 Å². The van der Waals surface area contributed by atoms with Crippen LogP contribution in [0.4, 0.5) is 0 Å². The lowest BCUT2D eigenvalue weighted by Crippen LogP contribution is -2.43. The van der Waals surface area contributed by atoms with Crippen molar-refractivity contribution in [1.29, 1.82) is 0 Å². The molecule has 0 bridgehead atoms. The van der Waals surface area contributed by atoms with E-state index in [1.165, 1.54) is 4.31 Å². The van der Waals surface area contributed by atoms with Crippen LogP contribution >= 0.6 is 11.6 Å². The molecule has 0 unspecified atom stereocenters. The summed E-state index contributed by atoms with van der Waals surface area (Å²) in [7, 11) is -6.43. The van der Waals surface area contributed by atoms with Crippen molar-refractivity contribution >= 4 is 31.5 Å². The van der Waals surface area contributed by atoms with E-state index in [-0.39, 0.29) is 36.8 Å². The molecule has 1 heterocycles. The SMILES string of the molecule is CCN(CCCl)S(=O)(=O)C1CCS(=O)(=O)CC1. The third-order valence-corrected chi connectivity index (χ3v) is 7.33. The van der Waals surface area contributed by atoms with E-state index in [0.717, 1.165) is 0 Å². The second-order valence-electron chi connectivity index (χ2n) is 4.08. The van der Waals surface area contributed by atoms with Crippen LogP contribution in [-0.2, 0) is 19.9 Å². The van der Waals surface area contributed by atoms with E-state index < -0.39 is 25.1 Å². The summed E-state index contributed by atoms with van der Waals surface area (Å²) in [4.78, 5) is 0. The zero-order valence-electron chi connectivity index (χ0n) is 9.80. The maximum absolute atomic E-state index is 12.2. The maximum Gasteiger partial charge on any atom is 0.217 e. The number of alkyl halides is 1. The zero-order chi connectivity index (χ0) is 13.1. The van der Waals surface area contributed by atoms with Crippen LogP contribution in [0.2, 0.25) is 0 Å². The number of rotatable bonds is 5. The predicted molar refractivity (Wildman–Crippen MR) is 68.6 cm³/mol. The average Bonchev–Trinajstić information content (AvgIpc) is 2.25. The van der Waals surface area contributed by atoms with E-state index in [4.69, 9.17) is 11.6 Å². The van der Waals surface area contributed by atoms with Crippen molar-refractivity contribution in [3.8, 4) is 0 Å². The molecule has 5 nitrogen and oxygen atoms in total. The van der Waals surface area contributed by atoms with Gasteiger partial charge in [0.1, 0.15) is 9.84 Å². The number of halogens is 1. The molecule has 0 spiro atoms. The van der Waals surface area contributed by atoms with Crippen molar-refractivity contribution < 1.29 is 16.8 Å². The fourth-order valence-corrected chi connectivity index (χ4v) is 5.99. The van der Waals surface area contributed by atoms with Gasteiger partial charge in [-0.1, -0.05) is 6.92 Å². The van der Waals surface area contributed by atoms with Gasteiger partial charge in [-0.05, 0) is 12.8 Å². The summed E-state index contributed by atoms with van der Waals surface area (Å²) in [6.45, 7) is 2.41. The molecule has 8 heteroatoms. The lowest BCUT2D eigenvalue weighted by Gasteiger charge is -2.28. The van der Waals surface area contributed by atoms with E-state index in [2.05, 4.69) is 0 Å². The fraction of sp³-hybridized carbons (Fsp3) is 1.00. The Morgan fingerprint density at radius 2 is 1.82 bits per heavy atom. The number of hydrogen-bond acceptors (Lipinski definition) is 4. The Hall–Kier alpha value is 0.150. The van der Waals surface area contributed by atoms with Crippen molar-refractivity contribution in [3.63, 3.8) is 0 Å². The third-order valence-electron chi connectivity index (χ3n) is 2.97. The standard InChI is InChI=1S/C9H18ClNO4S2/c1-2-11(6-5-10)17(14,15)9-3-7-16(12,13)8-4-9/h9H,2-8H2,1H3. The summed E-state index contributed by atoms with van der Waals surface area (Å²) < 4.78 is 48.2. The van der Waals surface area contributed by atoms with Crippen LogP contribution in [0.25, 0.3) is 0 Å². The predicted octanol–water partition coefficient (Wildman–Crippen LogP) is 0.454. The summed E-state index contributed by atoms with van der Waals surface area (Å²) >= 11 is 5.56. The van der Waals surface area contributed by atoms with Gasteiger partial charge in [-0.3, -0.25) is 0 Å². The first-order valence-electron chi connectivity index (χ1n) is 5.59. The second kappa shape index (κ2) is 5.86. The van der Waals surface area contributed by atoms with Crippen LogP contribution in [0.1, 0.15) is 19.8 Å². The molecule has 0 atom stereocenters. The fourth-order valence-electron chi connectivity index (χ4n) is 1.94. The molecule has 1 aliphatic heterocycles. The Morgan fingerprint density at radius 3 is 2.24 bits per heavy atom. The molecular weight excluding hydrogens is 286 g/mol. The number of sulfonamides is 1. The molecule has 0 aromatic rings. The summed E-state index contributed by atoms with van der Waals surface area (Å²) in [5.74, 6) is 0.183. The maximum atomic E-state index is 12.2. The van der Waals surface area contributed by atoms with Crippen LogP contribution in [0.5, 0.6) is 0 Å². The summed E-state index contributed by atoms with van der Waals surface area (Å²) in [6.07, 6.45) is 0.396. The summed E-state index contributed by atoms with van der Waals surface area (Å²) in [5, 5.41) is -0.575. The molecule has 1 rings (SSSR count). The van der Waals surface area contributed by atoms with Crippen molar-refractivity contribution in [2.75, 3.05) is 30.5 Å².